The van der Waals surface area contributed by atoms with Crippen molar-refractivity contribution in [2.24, 2.45) is 0 Å². The number of thiazole rings is 1. The third kappa shape index (κ3) is 3.31. The van der Waals surface area contributed by atoms with Crippen LogP contribution in [0.3, 0.4) is 0 Å². The SMILES string of the molecule is Cc1ncsc1C(=O)c1cccc(OC(F)(F)F)c1. The summed E-state index contributed by atoms with van der Waals surface area (Å²) in [6, 6.07) is 4.98. The minimum absolute atomic E-state index is 0.133. The van der Waals surface area contributed by atoms with Crippen LogP contribution in [0.1, 0.15) is 20.9 Å². The van der Waals surface area contributed by atoms with E-state index in [2.05, 4.69) is 9.72 Å². The van der Waals surface area contributed by atoms with Crippen LogP contribution < -0.4 is 4.74 Å². The van der Waals surface area contributed by atoms with Crippen molar-refractivity contribution < 1.29 is 22.7 Å². The average molecular weight is 287 g/mol. The second-order valence-electron chi connectivity index (χ2n) is 3.67. The van der Waals surface area contributed by atoms with E-state index in [1.54, 1.807) is 6.92 Å². The molecule has 2 rings (SSSR count). The molecule has 0 radical (unpaired) electrons. The molecule has 0 fully saturated rings. The van der Waals surface area contributed by atoms with E-state index in [1.807, 2.05) is 0 Å². The van der Waals surface area contributed by atoms with E-state index >= 15 is 0 Å². The van der Waals surface area contributed by atoms with Crippen LogP contribution >= 0.6 is 11.3 Å². The van der Waals surface area contributed by atoms with Gasteiger partial charge in [0.25, 0.3) is 0 Å². The molecule has 0 N–H and O–H groups in total. The van der Waals surface area contributed by atoms with Crippen LogP contribution in [0.15, 0.2) is 29.8 Å². The van der Waals surface area contributed by atoms with E-state index < -0.39 is 12.1 Å². The largest absolute Gasteiger partial charge is 0.573 e. The Bertz CT molecular complexity index is 607. The van der Waals surface area contributed by atoms with Gasteiger partial charge in [-0.15, -0.1) is 24.5 Å². The van der Waals surface area contributed by atoms with Gasteiger partial charge in [-0.05, 0) is 19.1 Å². The third-order valence-corrected chi connectivity index (χ3v) is 3.21. The Kier molecular flexibility index (Phi) is 3.57. The van der Waals surface area contributed by atoms with E-state index in [0.29, 0.717) is 10.6 Å². The molecule has 0 atom stereocenters. The zero-order valence-electron chi connectivity index (χ0n) is 9.69. The van der Waals surface area contributed by atoms with Gasteiger partial charge in [0.1, 0.15) is 5.75 Å². The molecule has 1 heterocycles. The number of halogens is 3. The molecular weight excluding hydrogens is 279 g/mol. The summed E-state index contributed by atoms with van der Waals surface area (Å²) in [7, 11) is 0. The van der Waals surface area contributed by atoms with Crippen molar-refractivity contribution in [3.8, 4) is 5.75 Å². The van der Waals surface area contributed by atoms with Crippen LogP contribution in [0.2, 0.25) is 0 Å². The number of ketones is 1. The quantitative estimate of drug-likeness (QED) is 0.810. The predicted octanol–water partition coefficient (Wildman–Crippen LogP) is 3.58. The van der Waals surface area contributed by atoms with Crippen molar-refractivity contribution in [3.05, 3.63) is 45.9 Å². The fourth-order valence-electron chi connectivity index (χ4n) is 1.49. The number of ether oxygens (including phenoxy) is 1. The van der Waals surface area contributed by atoms with E-state index in [9.17, 15) is 18.0 Å². The fraction of sp³-hybridized carbons (Fsp3) is 0.167. The standard InChI is InChI=1S/C12H8F3NO2S/c1-7-11(19-6-16-7)10(17)8-3-2-4-9(5-8)18-12(13,14)15/h2-6H,1H3. The molecule has 0 amide bonds. The molecule has 1 aromatic heterocycles. The molecule has 0 saturated heterocycles. The van der Waals surface area contributed by atoms with E-state index in [1.165, 1.54) is 17.6 Å². The highest BCUT2D eigenvalue weighted by molar-refractivity contribution is 7.12. The number of hydrogen-bond acceptors (Lipinski definition) is 4. The molecule has 100 valence electrons. The molecule has 0 unspecified atom stereocenters. The molecule has 0 bridgehead atoms. The fourth-order valence-corrected chi connectivity index (χ4v) is 2.25. The minimum Gasteiger partial charge on any atom is -0.406 e. The van der Waals surface area contributed by atoms with Crippen molar-refractivity contribution in [1.29, 1.82) is 0 Å². The first-order chi connectivity index (χ1) is 8.87. The Morgan fingerprint density at radius 1 is 1.37 bits per heavy atom. The Hall–Kier alpha value is -1.89. The van der Waals surface area contributed by atoms with Crippen molar-refractivity contribution in [3.63, 3.8) is 0 Å². The van der Waals surface area contributed by atoms with Crippen LogP contribution in [0.5, 0.6) is 5.75 Å². The van der Waals surface area contributed by atoms with Crippen LogP contribution in [0, 0.1) is 6.92 Å². The molecule has 0 spiro atoms. The maximum Gasteiger partial charge on any atom is 0.573 e. The average Bonchev–Trinajstić information content (AvgIpc) is 2.72. The third-order valence-electron chi connectivity index (χ3n) is 2.28. The summed E-state index contributed by atoms with van der Waals surface area (Å²) in [5, 5.41) is 0. The van der Waals surface area contributed by atoms with Crippen LogP contribution in [0.4, 0.5) is 13.2 Å². The summed E-state index contributed by atoms with van der Waals surface area (Å²) in [5.41, 5.74) is 2.20. The normalized spacial score (nSPS) is 11.4. The second-order valence-corrected chi connectivity index (χ2v) is 4.53. The minimum atomic E-state index is -4.78. The Morgan fingerprint density at radius 2 is 2.11 bits per heavy atom. The van der Waals surface area contributed by atoms with Gasteiger partial charge in [-0.3, -0.25) is 4.79 Å². The van der Waals surface area contributed by atoms with Gasteiger partial charge in [0.2, 0.25) is 5.78 Å². The number of nitrogens with zero attached hydrogens (tertiary/aromatic N) is 1. The lowest BCUT2D eigenvalue weighted by Gasteiger charge is -2.09. The number of rotatable bonds is 3. The van der Waals surface area contributed by atoms with Gasteiger partial charge in [-0.25, -0.2) is 4.98 Å². The molecule has 19 heavy (non-hydrogen) atoms. The number of benzene rings is 1. The van der Waals surface area contributed by atoms with Crippen molar-refractivity contribution in [2.75, 3.05) is 0 Å². The lowest BCUT2D eigenvalue weighted by Crippen LogP contribution is -2.17. The van der Waals surface area contributed by atoms with Crippen molar-refractivity contribution >= 4 is 17.1 Å². The highest BCUT2D eigenvalue weighted by atomic mass is 32.1. The first-order valence-corrected chi connectivity index (χ1v) is 6.05. The first kappa shape index (κ1) is 13.5. The van der Waals surface area contributed by atoms with Gasteiger partial charge >= 0.3 is 6.36 Å². The molecule has 0 aliphatic carbocycles. The van der Waals surface area contributed by atoms with Gasteiger partial charge < -0.3 is 4.74 Å². The molecule has 1 aromatic carbocycles. The van der Waals surface area contributed by atoms with Gasteiger partial charge in [0.15, 0.2) is 0 Å². The molecule has 7 heteroatoms. The topological polar surface area (TPSA) is 39.2 Å². The maximum absolute atomic E-state index is 12.1. The summed E-state index contributed by atoms with van der Waals surface area (Å²) in [6.07, 6.45) is -4.78. The maximum atomic E-state index is 12.1. The Labute approximate surface area is 110 Å². The summed E-state index contributed by atoms with van der Waals surface area (Å²) < 4.78 is 40.1. The zero-order valence-corrected chi connectivity index (χ0v) is 10.5. The van der Waals surface area contributed by atoms with Crippen LogP contribution in [-0.2, 0) is 0 Å². The smallest absolute Gasteiger partial charge is 0.406 e. The van der Waals surface area contributed by atoms with Gasteiger partial charge in [0.05, 0.1) is 16.1 Å². The van der Waals surface area contributed by atoms with Crippen molar-refractivity contribution in [2.45, 2.75) is 13.3 Å². The second kappa shape index (κ2) is 5.00. The lowest BCUT2D eigenvalue weighted by molar-refractivity contribution is -0.274. The Morgan fingerprint density at radius 3 is 2.68 bits per heavy atom. The number of alkyl halides is 3. The number of carbonyl (C=O) groups excluding carboxylic acids is 1. The summed E-state index contributed by atoms with van der Waals surface area (Å²) >= 11 is 1.15. The molecule has 0 saturated carbocycles. The lowest BCUT2D eigenvalue weighted by atomic mass is 10.1. The predicted molar refractivity (Wildman–Crippen MR) is 63.4 cm³/mol. The number of aromatic nitrogens is 1. The van der Waals surface area contributed by atoms with E-state index in [-0.39, 0.29) is 11.3 Å². The number of carbonyl (C=O) groups is 1. The van der Waals surface area contributed by atoms with Crippen molar-refractivity contribution in [1.82, 2.24) is 4.98 Å². The molecule has 0 aliphatic rings. The summed E-state index contributed by atoms with van der Waals surface area (Å²) in [6.45, 7) is 1.67. The molecule has 0 aliphatic heterocycles. The molecule has 3 nitrogen and oxygen atoms in total. The van der Waals surface area contributed by atoms with E-state index in [4.69, 9.17) is 0 Å². The van der Waals surface area contributed by atoms with Crippen LogP contribution in [0.25, 0.3) is 0 Å². The summed E-state index contributed by atoms with van der Waals surface area (Å²) in [5.74, 6) is -0.784. The van der Waals surface area contributed by atoms with E-state index in [0.717, 1.165) is 23.5 Å². The van der Waals surface area contributed by atoms with Gasteiger partial charge in [0, 0.05) is 5.56 Å². The summed E-state index contributed by atoms with van der Waals surface area (Å²) in [4.78, 5) is 16.4. The Balaban J connectivity index is 2.29. The van der Waals surface area contributed by atoms with Gasteiger partial charge in [-0.1, -0.05) is 12.1 Å². The highest BCUT2D eigenvalue weighted by Gasteiger charge is 2.31. The molecule has 2 aromatic rings. The molecular formula is C12H8F3NO2S. The zero-order chi connectivity index (χ0) is 14.0. The first-order valence-electron chi connectivity index (χ1n) is 5.17. The number of aryl methyl sites for hydroxylation is 1. The monoisotopic (exact) mass is 287 g/mol. The number of hydrogen-bond donors (Lipinski definition) is 0. The van der Waals surface area contributed by atoms with Crippen LogP contribution in [-0.4, -0.2) is 17.1 Å². The van der Waals surface area contributed by atoms with Gasteiger partial charge in [-0.2, -0.15) is 0 Å². The highest BCUT2D eigenvalue weighted by Crippen LogP contribution is 2.25.